The minimum atomic E-state index is 0.451. The standard InChI is InChI=1S/C10H12N2O/c1-2-6-11-10(3-1)12-8-4-5-9(7-8)13-12/h1-3,6,8-9H,4-5,7H2/t8-,9+/m0/s1. The molecule has 3 rings (SSSR count). The SMILES string of the molecule is c1ccc(N2O[C@@H]3CC[C@H]2C3)nc1. The number of nitrogens with zero attached hydrogens (tertiary/aromatic N) is 2. The average molecular weight is 176 g/mol. The van der Waals surface area contributed by atoms with Gasteiger partial charge in [-0.1, -0.05) is 6.07 Å². The molecule has 3 nitrogen and oxygen atoms in total. The second-order valence-electron chi connectivity index (χ2n) is 3.71. The summed E-state index contributed by atoms with van der Waals surface area (Å²) in [6.07, 6.45) is 5.91. The summed E-state index contributed by atoms with van der Waals surface area (Å²) in [4.78, 5) is 10.00. The third-order valence-electron chi connectivity index (χ3n) is 2.83. The summed E-state index contributed by atoms with van der Waals surface area (Å²) >= 11 is 0. The number of hydroxylamine groups is 1. The van der Waals surface area contributed by atoms with Gasteiger partial charge < -0.3 is 0 Å². The van der Waals surface area contributed by atoms with E-state index in [1.54, 1.807) is 0 Å². The van der Waals surface area contributed by atoms with Gasteiger partial charge in [0.25, 0.3) is 0 Å². The first-order chi connectivity index (χ1) is 6.43. The highest BCUT2D eigenvalue weighted by atomic mass is 16.7. The molecule has 1 aliphatic heterocycles. The molecule has 1 saturated heterocycles. The van der Waals surface area contributed by atoms with Crippen LogP contribution >= 0.6 is 0 Å². The zero-order chi connectivity index (χ0) is 8.67. The molecule has 0 unspecified atom stereocenters. The molecule has 0 N–H and O–H groups in total. The van der Waals surface area contributed by atoms with E-state index in [1.807, 2.05) is 29.5 Å². The van der Waals surface area contributed by atoms with E-state index in [0.717, 1.165) is 5.82 Å². The Balaban J connectivity index is 1.87. The van der Waals surface area contributed by atoms with Crippen LogP contribution in [0.25, 0.3) is 0 Å². The van der Waals surface area contributed by atoms with Crippen LogP contribution in [0.5, 0.6) is 0 Å². The van der Waals surface area contributed by atoms with E-state index in [1.165, 1.54) is 19.3 Å². The second kappa shape index (κ2) is 2.70. The molecule has 0 spiro atoms. The van der Waals surface area contributed by atoms with E-state index < -0.39 is 0 Å². The van der Waals surface area contributed by atoms with Gasteiger partial charge in [0.15, 0.2) is 5.82 Å². The summed E-state index contributed by atoms with van der Waals surface area (Å²) in [6.45, 7) is 0. The van der Waals surface area contributed by atoms with Crippen LogP contribution in [0.4, 0.5) is 5.82 Å². The van der Waals surface area contributed by atoms with Crippen LogP contribution in [0.2, 0.25) is 0 Å². The highest BCUT2D eigenvalue weighted by Crippen LogP contribution is 2.37. The van der Waals surface area contributed by atoms with Crippen molar-refractivity contribution in [2.45, 2.75) is 31.4 Å². The maximum Gasteiger partial charge on any atom is 0.152 e. The van der Waals surface area contributed by atoms with E-state index in [2.05, 4.69) is 4.98 Å². The van der Waals surface area contributed by atoms with Gasteiger partial charge in [0, 0.05) is 6.20 Å². The topological polar surface area (TPSA) is 25.4 Å². The minimum Gasteiger partial charge on any atom is -0.268 e. The van der Waals surface area contributed by atoms with Gasteiger partial charge in [-0.25, -0.2) is 10.0 Å². The second-order valence-corrected chi connectivity index (χ2v) is 3.71. The lowest BCUT2D eigenvalue weighted by molar-refractivity contribution is 0.0570. The molecule has 68 valence electrons. The Labute approximate surface area is 77.3 Å². The molecule has 2 fully saturated rings. The third-order valence-corrected chi connectivity index (χ3v) is 2.83. The van der Waals surface area contributed by atoms with Crippen molar-refractivity contribution in [1.82, 2.24) is 4.98 Å². The highest BCUT2D eigenvalue weighted by Gasteiger charge is 2.40. The first kappa shape index (κ1) is 7.33. The summed E-state index contributed by atoms with van der Waals surface area (Å²) in [5, 5.41) is 1.98. The summed E-state index contributed by atoms with van der Waals surface area (Å²) in [6, 6.07) is 6.50. The van der Waals surface area contributed by atoms with Gasteiger partial charge in [0.05, 0.1) is 12.1 Å². The minimum absolute atomic E-state index is 0.451. The number of fused-ring (bicyclic) bond motifs is 2. The third kappa shape index (κ3) is 1.11. The summed E-state index contributed by atoms with van der Waals surface area (Å²) in [7, 11) is 0. The first-order valence-electron chi connectivity index (χ1n) is 4.80. The van der Waals surface area contributed by atoms with Crippen molar-refractivity contribution < 1.29 is 4.84 Å². The van der Waals surface area contributed by atoms with Crippen LogP contribution in [-0.4, -0.2) is 17.1 Å². The predicted octanol–water partition coefficient (Wildman–Crippen LogP) is 1.75. The van der Waals surface area contributed by atoms with Crippen LogP contribution in [0.3, 0.4) is 0 Å². The van der Waals surface area contributed by atoms with E-state index >= 15 is 0 Å². The molecule has 1 aliphatic carbocycles. The molecule has 2 heterocycles. The fraction of sp³-hybridized carbons (Fsp3) is 0.500. The Kier molecular flexibility index (Phi) is 1.52. The summed E-state index contributed by atoms with van der Waals surface area (Å²) in [5.74, 6) is 0.953. The van der Waals surface area contributed by atoms with Gasteiger partial charge >= 0.3 is 0 Å². The fourth-order valence-corrected chi connectivity index (χ4v) is 2.20. The largest absolute Gasteiger partial charge is 0.268 e. The maximum absolute atomic E-state index is 5.72. The lowest BCUT2D eigenvalue weighted by Crippen LogP contribution is -2.31. The normalized spacial score (nSPS) is 31.2. The van der Waals surface area contributed by atoms with E-state index in [-0.39, 0.29) is 0 Å². The Morgan fingerprint density at radius 1 is 1.38 bits per heavy atom. The predicted molar refractivity (Wildman–Crippen MR) is 49.2 cm³/mol. The van der Waals surface area contributed by atoms with E-state index in [4.69, 9.17) is 4.84 Å². The molecule has 2 atom stereocenters. The van der Waals surface area contributed by atoms with Crippen LogP contribution in [0, 0.1) is 0 Å². The van der Waals surface area contributed by atoms with E-state index in [9.17, 15) is 0 Å². The number of hydrogen-bond acceptors (Lipinski definition) is 3. The molecule has 1 aromatic heterocycles. The smallest absolute Gasteiger partial charge is 0.152 e. The molecule has 0 aromatic carbocycles. The summed E-state index contributed by atoms with van der Waals surface area (Å²) < 4.78 is 0. The molecular weight excluding hydrogens is 164 g/mol. The molecule has 2 aliphatic rings. The zero-order valence-electron chi connectivity index (χ0n) is 7.39. The van der Waals surface area contributed by atoms with Crippen LogP contribution in [0.1, 0.15) is 19.3 Å². The fourth-order valence-electron chi connectivity index (χ4n) is 2.20. The molecule has 2 bridgehead atoms. The number of pyridine rings is 1. The first-order valence-corrected chi connectivity index (χ1v) is 4.80. The molecule has 0 radical (unpaired) electrons. The van der Waals surface area contributed by atoms with Crippen LogP contribution in [-0.2, 0) is 4.84 Å². The monoisotopic (exact) mass is 176 g/mol. The van der Waals surface area contributed by atoms with Crippen molar-refractivity contribution in [3.63, 3.8) is 0 Å². The van der Waals surface area contributed by atoms with Crippen molar-refractivity contribution in [2.75, 3.05) is 5.06 Å². The number of hydrogen-bond donors (Lipinski definition) is 0. The molecule has 3 heteroatoms. The van der Waals surface area contributed by atoms with Crippen molar-refractivity contribution >= 4 is 5.82 Å². The number of rotatable bonds is 1. The Bertz CT molecular complexity index is 301. The van der Waals surface area contributed by atoms with Crippen LogP contribution < -0.4 is 5.06 Å². The number of anilines is 1. The van der Waals surface area contributed by atoms with Crippen molar-refractivity contribution in [3.05, 3.63) is 24.4 Å². The molecular formula is C10H12N2O. The molecule has 1 aromatic rings. The zero-order valence-corrected chi connectivity index (χ0v) is 7.39. The van der Waals surface area contributed by atoms with Crippen molar-refractivity contribution in [3.8, 4) is 0 Å². The highest BCUT2D eigenvalue weighted by molar-refractivity contribution is 5.37. The molecule has 1 saturated carbocycles. The van der Waals surface area contributed by atoms with Crippen molar-refractivity contribution in [2.24, 2.45) is 0 Å². The van der Waals surface area contributed by atoms with Gasteiger partial charge in [-0.3, -0.25) is 4.84 Å². The van der Waals surface area contributed by atoms with Gasteiger partial charge in [-0.05, 0) is 31.4 Å². The summed E-state index contributed by atoms with van der Waals surface area (Å²) in [5.41, 5.74) is 0. The van der Waals surface area contributed by atoms with Gasteiger partial charge in [-0.2, -0.15) is 0 Å². The lowest BCUT2D eigenvalue weighted by Gasteiger charge is -2.26. The maximum atomic E-state index is 5.72. The quantitative estimate of drug-likeness (QED) is 0.652. The molecule has 0 amide bonds. The van der Waals surface area contributed by atoms with Gasteiger partial charge in [0.2, 0.25) is 0 Å². The Morgan fingerprint density at radius 3 is 3.00 bits per heavy atom. The Morgan fingerprint density at radius 2 is 2.38 bits per heavy atom. The van der Waals surface area contributed by atoms with Crippen molar-refractivity contribution in [1.29, 1.82) is 0 Å². The van der Waals surface area contributed by atoms with E-state index in [0.29, 0.717) is 12.1 Å². The van der Waals surface area contributed by atoms with Gasteiger partial charge in [-0.15, -0.1) is 0 Å². The van der Waals surface area contributed by atoms with Crippen LogP contribution in [0.15, 0.2) is 24.4 Å². The molecule has 13 heavy (non-hydrogen) atoms. The number of aromatic nitrogens is 1. The van der Waals surface area contributed by atoms with Gasteiger partial charge in [0.1, 0.15) is 0 Å². The Hall–Kier alpha value is -1.09. The average Bonchev–Trinajstić information content (AvgIpc) is 2.80. The lowest BCUT2D eigenvalue weighted by atomic mass is 10.2.